The molecule has 2 aliphatic heterocycles. The molecule has 0 saturated heterocycles. The summed E-state index contributed by atoms with van der Waals surface area (Å²) >= 11 is 0. The molecule has 0 unspecified atom stereocenters. The first-order valence-electron chi connectivity index (χ1n) is 7.74. The van der Waals surface area contributed by atoms with Crippen molar-refractivity contribution in [1.29, 1.82) is 0 Å². The fourth-order valence-corrected chi connectivity index (χ4v) is 2.83. The van der Waals surface area contributed by atoms with Gasteiger partial charge in [-0.25, -0.2) is 9.97 Å². The Labute approximate surface area is 154 Å². The molecule has 0 atom stereocenters. The SMILES string of the molecule is C1=Cc2cc3ccc(cc4ccc(cc5nc(cc1n2)C=C5)[n-]4)[n-]3.[Mn+2]. The predicted octanol–water partition coefficient (Wildman–Crippen LogP) is 3.91. The smallest absolute Gasteiger partial charge is 0.658 e. The average Bonchev–Trinajstić information content (AvgIpc) is 3.32. The maximum atomic E-state index is 4.59. The molecule has 3 aromatic heterocycles. The Bertz CT molecular complexity index is 1080. The van der Waals surface area contributed by atoms with Gasteiger partial charge in [-0.05, 0) is 30.4 Å². The normalized spacial score (nSPS) is 12.2. The number of rotatable bonds is 0. The first-order valence-corrected chi connectivity index (χ1v) is 7.74. The molecular formula is C20H12MnN4. The molecule has 119 valence electrons. The molecule has 5 rings (SSSR count). The Morgan fingerprint density at radius 2 is 0.840 bits per heavy atom. The minimum Gasteiger partial charge on any atom is -0.658 e. The second kappa shape index (κ2) is 6.20. The van der Waals surface area contributed by atoms with E-state index in [2.05, 4.69) is 19.9 Å². The maximum Gasteiger partial charge on any atom is 2.00 e. The minimum atomic E-state index is 0. The van der Waals surface area contributed by atoms with Crippen molar-refractivity contribution in [1.82, 2.24) is 19.9 Å². The fourth-order valence-electron chi connectivity index (χ4n) is 2.83. The fraction of sp³-hybridized carbons (Fsp3) is 0. The van der Waals surface area contributed by atoms with E-state index in [4.69, 9.17) is 0 Å². The van der Waals surface area contributed by atoms with E-state index in [1.165, 1.54) is 0 Å². The monoisotopic (exact) mass is 363 g/mol. The third-order valence-electron chi connectivity index (χ3n) is 3.92. The van der Waals surface area contributed by atoms with Crippen molar-refractivity contribution >= 4 is 46.4 Å². The molecule has 3 aromatic rings. The summed E-state index contributed by atoms with van der Waals surface area (Å²) in [6.45, 7) is 0. The van der Waals surface area contributed by atoms with Crippen LogP contribution in [-0.2, 0) is 17.1 Å². The van der Waals surface area contributed by atoms with Gasteiger partial charge in [-0.3, -0.25) is 0 Å². The van der Waals surface area contributed by atoms with Gasteiger partial charge in [0.05, 0.1) is 22.8 Å². The molecule has 0 spiro atoms. The van der Waals surface area contributed by atoms with E-state index in [0.29, 0.717) is 0 Å². The summed E-state index contributed by atoms with van der Waals surface area (Å²) in [7, 11) is 0. The molecule has 0 saturated carbocycles. The third kappa shape index (κ3) is 3.20. The van der Waals surface area contributed by atoms with Gasteiger partial charge in [-0.2, -0.15) is 0 Å². The van der Waals surface area contributed by atoms with Gasteiger partial charge in [-0.15, -0.1) is 22.1 Å². The molecule has 8 bridgehead atoms. The van der Waals surface area contributed by atoms with Crippen LogP contribution < -0.4 is 9.97 Å². The summed E-state index contributed by atoms with van der Waals surface area (Å²) in [5.74, 6) is 0. The van der Waals surface area contributed by atoms with Crippen LogP contribution in [0.25, 0.3) is 46.4 Å². The Hall–Kier alpha value is -2.88. The number of fused-ring (bicyclic) bond motifs is 8. The van der Waals surface area contributed by atoms with Gasteiger partial charge < -0.3 is 9.97 Å². The summed E-state index contributed by atoms with van der Waals surface area (Å²) in [5.41, 5.74) is 7.15. The van der Waals surface area contributed by atoms with E-state index >= 15 is 0 Å². The van der Waals surface area contributed by atoms with Gasteiger partial charge in [0.15, 0.2) is 0 Å². The zero-order valence-electron chi connectivity index (χ0n) is 13.1. The van der Waals surface area contributed by atoms with Crippen LogP contribution >= 0.6 is 0 Å². The van der Waals surface area contributed by atoms with Crippen molar-refractivity contribution in [2.45, 2.75) is 0 Å². The maximum absolute atomic E-state index is 4.59. The summed E-state index contributed by atoms with van der Waals surface area (Å²) in [6, 6.07) is 15.9. The molecule has 5 heterocycles. The van der Waals surface area contributed by atoms with Crippen molar-refractivity contribution in [3.05, 3.63) is 71.3 Å². The molecule has 0 fully saturated rings. The van der Waals surface area contributed by atoms with E-state index in [1.807, 2.05) is 72.8 Å². The van der Waals surface area contributed by atoms with Crippen LogP contribution in [0.15, 0.2) is 48.5 Å². The second-order valence-corrected chi connectivity index (χ2v) is 5.76. The number of hydrogen-bond acceptors (Lipinski definition) is 2. The topological polar surface area (TPSA) is 54.0 Å². The zero-order chi connectivity index (χ0) is 15.9. The van der Waals surface area contributed by atoms with Crippen LogP contribution in [0.4, 0.5) is 0 Å². The van der Waals surface area contributed by atoms with E-state index in [-0.39, 0.29) is 17.1 Å². The van der Waals surface area contributed by atoms with Gasteiger partial charge in [0, 0.05) is 0 Å². The summed E-state index contributed by atoms with van der Waals surface area (Å²) in [4.78, 5) is 18.4. The first kappa shape index (κ1) is 15.6. The Kier molecular flexibility index (Phi) is 3.88. The molecule has 0 aliphatic carbocycles. The van der Waals surface area contributed by atoms with E-state index in [1.54, 1.807) is 0 Å². The summed E-state index contributed by atoms with van der Waals surface area (Å²) < 4.78 is 0. The van der Waals surface area contributed by atoms with E-state index < -0.39 is 0 Å². The number of hydrogen-bond donors (Lipinski definition) is 0. The van der Waals surface area contributed by atoms with Crippen molar-refractivity contribution in [3.63, 3.8) is 0 Å². The average molecular weight is 363 g/mol. The molecular weight excluding hydrogens is 351 g/mol. The number of aromatic nitrogens is 4. The zero-order valence-corrected chi connectivity index (χ0v) is 14.3. The molecule has 0 amide bonds. The van der Waals surface area contributed by atoms with Crippen LogP contribution in [0.5, 0.6) is 0 Å². The summed E-state index contributed by atoms with van der Waals surface area (Å²) in [5, 5.41) is 0. The van der Waals surface area contributed by atoms with Crippen molar-refractivity contribution < 1.29 is 17.1 Å². The number of nitrogens with zero attached hydrogens (tertiary/aromatic N) is 4. The standard InChI is InChI=1S/C20H12N4.Mn/c1-2-14-10-16-5-6-18(23-16)12-20-8-7-19(24-20)11-17-4-3-15(22-17)9-13(1)21-14;/h1-12H;/q-2;+2. The molecule has 4 nitrogen and oxygen atoms in total. The molecule has 0 aromatic carbocycles. The van der Waals surface area contributed by atoms with Crippen molar-refractivity contribution in [2.75, 3.05) is 0 Å². The molecule has 1 radical (unpaired) electrons. The van der Waals surface area contributed by atoms with Gasteiger partial charge in [0.25, 0.3) is 0 Å². The first-order chi connectivity index (χ1) is 11.8. The molecule has 25 heavy (non-hydrogen) atoms. The molecule has 2 aliphatic rings. The molecule has 0 N–H and O–H groups in total. The minimum absolute atomic E-state index is 0. The summed E-state index contributed by atoms with van der Waals surface area (Å²) in [6.07, 6.45) is 7.95. The third-order valence-corrected chi connectivity index (χ3v) is 3.92. The van der Waals surface area contributed by atoms with Gasteiger partial charge in [0.2, 0.25) is 0 Å². The van der Waals surface area contributed by atoms with Gasteiger partial charge in [0.1, 0.15) is 0 Å². The Morgan fingerprint density at radius 3 is 1.28 bits per heavy atom. The Morgan fingerprint density at radius 1 is 0.480 bits per heavy atom. The van der Waals surface area contributed by atoms with Crippen LogP contribution in [0.3, 0.4) is 0 Å². The second-order valence-electron chi connectivity index (χ2n) is 5.76. The predicted molar refractivity (Wildman–Crippen MR) is 96.8 cm³/mol. The van der Waals surface area contributed by atoms with Crippen LogP contribution in [-0.4, -0.2) is 9.97 Å². The molecule has 5 heteroatoms. The van der Waals surface area contributed by atoms with Gasteiger partial charge in [-0.1, -0.05) is 42.5 Å². The van der Waals surface area contributed by atoms with E-state index in [0.717, 1.165) is 44.8 Å². The van der Waals surface area contributed by atoms with Crippen molar-refractivity contribution in [2.24, 2.45) is 0 Å². The van der Waals surface area contributed by atoms with E-state index in [9.17, 15) is 0 Å². The van der Waals surface area contributed by atoms with Crippen LogP contribution in [0, 0.1) is 0 Å². The van der Waals surface area contributed by atoms with Gasteiger partial charge >= 0.3 is 17.1 Å². The van der Waals surface area contributed by atoms with Crippen LogP contribution in [0.2, 0.25) is 0 Å². The van der Waals surface area contributed by atoms with Crippen molar-refractivity contribution in [3.8, 4) is 0 Å². The van der Waals surface area contributed by atoms with Crippen LogP contribution in [0.1, 0.15) is 22.8 Å². The Balaban J connectivity index is 0.00000157. The largest absolute Gasteiger partial charge is 2.00 e. The quantitative estimate of drug-likeness (QED) is 0.392.